The van der Waals surface area contributed by atoms with E-state index >= 15 is 0 Å². The molecule has 0 spiro atoms. The molecule has 0 atom stereocenters. The maximum absolute atomic E-state index is 14.4. The molecule has 1 saturated heterocycles. The number of carbonyl (C=O) groups is 2. The predicted octanol–water partition coefficient (Wildman–Crippen LogP) is 3.73. The molecule has 0 unspecified atom stereocenters. The number of aromatic nitrogens is 3. The number of carbonyl (C=O) groups excluding carboxylic acids is 2. The molecule has 0 saturated carbocycles. The second kappa shape index (κ2) is 8.84. The Morgan fingerprint density at radius 3 is 2.15 bits per heavy atom. The summed E-state index contributed by atoms with van der Waals surface area (Å²) < 4.78 is 69.6. The van der Waals surface area contributed by atoms with Crippen LogP contribution in [0.15, 0.2) is 42.5 Å². The van der Waals surface area contributed by atoms with E-state index in [0.717, 1.165) is 30.3 Å². The summed E-state index contributed by atoms with van der Waals surface area (Å²) in [4.78, 5) is 27.2. The Bertz CT molecular complexity index is 1230. The maximum atomic E-state index is 14.4. The molecule has 3 aromatic rings. The van der Waals surface area contributed by atoms with Gasteiger partial charge in [-0.2, -0.15) is 13.2 Å². The van der Waals surface area contributed by atoms with Crippen LogP contribution in [0.25, 0.3) is 5.69 Å². The van der Waals surface area contributed by atoms with Gasteiger partial charge in [-0.15, -0.1) is 5.10 Å². The van der Waals surface area contributed by atoms with Gasteiger partial charge in [0.1, 0.15) is 11.6 Å². The van der Waals surface area contributed by atoms with E-state index in [0.29, 0.717) is 4.68 Å². The Hall–Kier alpha value is -3.83. The zero-order valence-electron chi connectivity index (χ0n) is 17.8. The molecule has 0 aliphatic carbocycles. The van der Waals surface area contributed by atoms with Gasteiger partial charge in [0.15, 0.2) is 17.2 Å². The van der Waals surface area contributed by atoms with Crippen molar-refractivity contribution in [1.29, 1.82) is 0 Å². The third kappa shape index (κ3) is 4.47. The van der Waals surface area contributed by atoms with Crippen LogP contribution in [0.4, 0.5) is 27.6 Å². The Labute approximate surface area is 190 Å². The number of piperazine rings is 1. The van der Waals surface area contributed by atoms with Crippen molar-refractivity contribution in [2.24, 2.45) is 0 Å². The van der Waals surface area contributed by atoms with Crippen molar-refractivity contribution >= 4 is 17.4 Å². The molecule has 178 valence electrons. The zero-order valence-corrected chi connectivity index (χ0v) is 17.8. The van der Waals surface area contributed by atoms with Crippen LogP contribution in [0.1, 0.15) is 33.5 Å². The molecule has 1 aliphatic heterocycles. The molecule has 2 aromatic carbocycles. The molecule has 34 heavy (non-hydrogen) atoms. The summed E-state index contributed by atoms with van der Waals surface area (Å²) >= 11 is 0. The summed E-state index contributed by atoms with van der Waals surface area (Å²) in [6, 6.07) is 8.20. The highest BCUT2D eigenvalue weighted by Crippen LogP contribution is 2.33. The minimum absolute atomic E-state index is 0.0213. The van der Waals surface area contributed by atoms with Crippen LogP contribution in [0.3, 0.4) is 0 Å². The molecule has 7 nitrogen and oxygen atoms in total. The molecular formula is C22H18F5N5O2. The number of ketones is 1. The number of rotatable bonds is 4. The maximum Gasteiger partial charge on any atom is 0.435 e. The Balaban J connectivity index is 1.55. The number of benzene rings is 2. The number of nitrogens with zero attached hydrogens (tertiary/aromatic N) is 5. The lowest BCUT2D eigenvalue weighted by Gasteiger charge is -2.36. The average molecular weight is 479 g/mol. The topological polar surface area (TPSA) is 71.3 Å². The monoisotopic (exact) mass is 479 g/mol. The van der Waals surface area contributed by atoms with Crippen LogP contribution >= 0.6 is 0 Å². The first kappa shape index (κ1) is 23.3. The molecule has 1 amide bonds. The van der Waals surface area contributed by atoms with Gasteiger partial charge in [-0.1, -0.05) is 5.21 Å². The molecule has 0 radical (unpaired) electrons. The molecule has 1 fully saturated rings. The van der Waals surface area contributed by atoms with Crippen LogP contribution in [0.5, 0.6) is 0 Å². The largest absolute Gasteiger partial charge is 0.435 e. The summed E-state index contributed by atoms with van der Waals surface area (Å²) in [5, 5.41) is 6.96. The summed E-state index contributed by atoms with van der Waals surface area (Å²) in [7, 11) is 0. The van der Waals surface area contributed by atoms with E-state index in [2.05, 4.69) is 10.3 Å². The summed E-state index contributed by atoms with van der Waals surface area (Å²) in [6.07, 6.45) is -4.95. The van der Waals surface area contributed by atoms with Gasteiger partial charge in [0.05, 0.1) is 11.4 Å². The average Bonchev–Trinajstić information content (AvgIpc) is 3.25. The second-order valence-electron chi connectivity index (χ2n) is 7.67. The lowest BCUT2D eigenvalue weighted by Crippen LogP contribution is -2.49. The van der Waals surface area contributed by atoms with Gasteiger partial charge in [-0.3, -0.25) is 9.59 Å². The van der Waals surface area contributed by atoms with Crippen LogP contribution in [0, 0.1) is 11.6 Å². The van der Waals surface area contributed by atoms with Crippen molar-refractivity contribution in [2.75, 3.05) is 31.1 Å². The molecule has 4 rings (SSSR count). The first-order chi connectivity index (χ1) is 16.1. The van der Waals surface area contributed by atoms with Gasteiger partial charge in [-0.25, -0.2) is 13.5 Å². The molecule has 12 heteroatoms. The van der Waals surface area contributed by atoms with Gasteiger partial charge >= 0.3 is 6.18 Å². The van der Waals surface area contributed by atoms with Crippen molar-refractivity contribution in [3.8, 4) is 5.69 Å². The quantitative estimate of drug-likeness (QED) is 0.421. The van der Waals surface area contributed by atoms with Crippen molar-refractivity contribution in [2.45, 2.75) is 13.1 Å². The number of Topliss-reactive ketones (excluding diaryl/α,β-unsaturated/α-hetero) is 1. The lowest BCUT2D eigenvalue weighted by molar-refractivity contribution is -0.143. The van der Waals surface area contributed by atoms with Gasteiger partial charge in [0.2, 0.25) is 0 Å². The molecular weight excluding hydrogens is 461 g/mol. The number of alkyl halides is 3. The summed E-state index contributed by atoms with van der Waals surface area (Å²) in [5.41, 5.74) is -1.89. The van der Waals surface area contributed by atoms with Gasteiger partial charge < -0.3 is 9.80 Å². The molecule has 1 aliphatic rings. The fraction of sp³-hybridized carbons (Fsp3) is 0.273. The lowest BCUT2D eigenvalue weighted by atomic mass is 10.1. The number of hydrogen-bond acceptors (Lipinski definition) is 5. The molecule has 2 heterocycles. The van der Waals surface area contributed by atoms with Gasteiger partial charge in [0, 0.05) is 31.7 Å². The second-order valence-corrected chi connectivity index (χ2v) is 7.67. The number of anilines is 1. The van der Waals surface area contributed by atoms with Crippen LogP contribution in [-0.2, 0) is 6.18 Å². The molecule has 0 N–H and O–H groups in total. The highest BCUT2D eigenvalue weighted by atomic mass is 19.4. The first-order valence-electron chi connectivity index (χ1n) is 10.2. The highest BCUT2D eigenvalue weighted by Gasteiger charge is 2.43. The van der Waals surface area contributed by atoms with E-state index in [1.807, 2.05) is 0 Å². The number of halogens is 5. The smallest absolute Gasteiger partial charge is 0.366 e. The van der Waals surface area contributed by atoms with Crippen LogP contribution in [-0.4, -0.2) is 57.8 Å². The fourth-order valence-electron chi connectivity index (χ4n) is 3.73. The molecule has 1 aromatic heterocycles. The Kier molecular flexibility index (Phi) is 6.07. The predicted molar refractivity (Wildman–Crippen MR) is 111 cm³/mol. The van der Waals surface area contributed by atoms with E-state index in [1.54, 1.807) is 4.90 Å². The molecule has 0 bridgehead atoms. The van der Waals surface area contributed by atoms with E-state index < -0.39 is 35.1 Å². The van der Waals surface area contributed by atoms with Crippen molar-refractivity contribution in [3.05, 3.63) is 71.1 Å². The van der Waals surface area contributed by atoms with E-state index in [1.165, 1.54) is 24.0 Å². The Morgan fingerprint density at radius 1 is 0.941 bits per heavy atom. The van der Waals surface area contributed by atoms with E-state index in [9.17, 15) is 31.5 Å². The first-order valence-corrected chi connectivity index (χ1v) is 10.2. The standard InChI is InChI=1S/C22H18F5N5O2/c1-13(33)14-2-7-18(17(24)12-14)30-8-10-31(11-9-30)21(34)19-20(22(25,26)27)32(29-28-19)16-5-3-15(23)4-6-16/h2-7,12H,8-11H2,1H3. The van der Waals surface area contributed by atoms with Crippen LogP contribution in [0.2, 0.25) is 0 Å². The third-order valence-electron chi connectivity index (χ3n) is 5.47. The minimum Gasteiger partial charge on any atom is -0.366 e. The van der Waals surface area contributed by atoms with Crippen molar-refractivity contribution < 1.29 is 31.5 Å². The van der Waals surface area contributed by atoms with E-state index in [4.69, 9.17) is 0 Å². The summed E-state index contributed by atoms with van der Waals surface area (Å²) in [6.45, 7) is 1.69. The highest BCUT2D eigenvalue weighted by molar-refractivity contribution is 5.95. The number of amides is 1. The van der Waals surface area contributed by atoms with Crippen molar-refractivity contribution in [1.82, 2.24) is 19.9 Å². The fourth-order valence-corrected chi connectivity index (χ4v) is 3.73. The van der Waals surface area contributed by atoms with Crippen LogP contribution < -0.4 is 4.90 Å². The SMILES string of the molecule is CC(=O)c1ccc(N2CCN(C(=O)c3nnn(-c4ccc(F)cc4)c3C(F)(F)F)CC2)c(F)c1. The van der Waals surface area contributed by atoms with Gasteiger partial charge in [0.25, 0.3) is 5.91 Å². The normalized spacial score (nSPS) is 14.4. The van der Waals surface area contributed by atoms with Crippen molar-refractivity contribution in [3.63, 3.8) is 0 Å². The number of hydrogen-bond donors (Lipinski definition) is 0. The summed E-state index contributed by atoms with van der Waals surface area (Å²) in [5.74, 6) is -2.49. The zero-order chi connectivity index (χ0) is 24.6. The Morgan fingerprint density at radius 2 is 1.59 bits per heavy atom. The van der Waals surface area contributed by atoms with Gasteiger partial charge in [-0.05, 0) is 49.4 Å². The minimum atomic E-state index is -4.95. The van der Waals surface area contributed by atoms with E-state index in [-0.39, 0.29) is 48.9 Å². The third-order valence-corrected chi connectivity index (χ3v) is 5.47.